The molecule has 0 fully saturated rings. The Labute approximate surface area is 119 Å². The van der Waals surface area contributed by atoms with E-state index < -0.39 is 0 Å². The summed E-state index contributed by atoms with van der Waals surface area (Å²) in [5, 5.41) is 3.24. The average Bonchev–Trinajstić information content (AvgIpc) is 2.30. The molecule has 19 heavy (non-hydrogen) atoms. The van der Waals surface area contributed by atoms with E-state index in [1.54, 1.807) is 0 Å². The molecular formula is C15H33N3O. The van der Waals surface area contributed by atoms with E-state index in [1.165, 1.54) is 19.3 Å². The van der Waals surface area contributed by atoms with Gasteiger partial charge in [-0.1, -0.05) is 33.6 Å². The Morgan fingerprint density at radius 2 is 1.79 bits per heavy atom. The molecule has 0 aromatic heterocycles. The fourth-order valence-electron chi connectivity index (χ4n) is 2.20. The van der Waals surface area contributed by atoms with Crippen LogP contribution in [0.15, 0.2) is 0 Å². The smallest absolute Gasteiger partial charge is 0.234 e. The molecule has 0 saturated carbocycles. The maximum absolute atomic E-state index is 11.4. The molecule has 1 amide bonds. The van der Waals surface area contributed by atoms with E-state index in [2.05, 4.69) is 31.0 Å². The largest absolute Gasteiger partial charge is 0.368 e. The maximum atomic E-state index is 11.4. The van der Waals surface area contributed by atoms with Gasteiger partial charge in [-0.2, -0.15) is 0 Å². The summed E-state index contributed by atoms with van der Waals surface area (Å²) in [6, 6.07) is 0.585. The first-order valence-electron chi connectivity index (χ1n) is 7.67. The molecule has 0 aliphatic rings. The molecule has 0 aliphatic carbocycles. The quantitative estimate of drug-likeness (QED) is 0.566. The van der Waals surface area contributed by atoms with E-state index in [4.69, 9.17) is 5.73 Å². The molecule has 0 spiro atoms. The Morgan fingerprint density at radius 1 is 1.16 bits per heavy atom. The minimum absolute atomic E-state index is 0.215. The zero-order valence-electron chi connectivity index (χ0n) is 13.4. The summed E-state index contributed by atoms with van der Waals surface area (Å²) in [5.74, 6) is -0.244. The van der Waals surface area contributed by atoms with Gasteiger partial charge in [-0.3, -0.25) is 4.79 Å². The van der Waals surface area contributed by atoms with Gasteiger partial charge in [0.1, 0.15) is 0 Å². The fourth-order valence-corrected chi connectivity index (χ4v) is 2.20. The number of nitrogens with one attached hydrogen (secondary N) is 1. The van der Waals surface area contributed by atoms with Crippen molar-refractivity contribution in [3.8, 4) is 0 Å². The van der Waals surface area contributed by atoms with Gasteiger partial charge in [0.2, 0.25) is 5.91 Å². The summed E-state index contributed by atoms with van der Waals surface area (Å²) in [5.41, 5.74) is 5.45. The lowest BCUT2D eigenvalue weighted by molar-refractivity contribution is -0.120. The maximum Gasteiger partial charge on any atom is 0.234 e. The van der Waals surface area contributed by atoms with Crippen LogP contribution < -0.4 is 11.1 Å². The van der Waals surface area contributed by atoms with E-state index >= 15 is 0 Å². The molecule has 0 aromatic carbocycles. The molecule has 3 N–H and O–H groups in total. The molecule has 0 heterocycles. The third-order valence-corrected chi connectivity index (χ3v) is 3.36. The van der Waals surface area contributed by atoms with Crippen molar-refractivity contribution in [2.45, 2.75) is 78.4 Å². The number of nitrogens with two attached hydrogens (primary N) is 1. The lowest BCUT2D eigenvalue weighted by Crippen LogP contribution is -2.47. The third-order valence-electron chi connectivity index (χ3n) is 3.36. The van der Waals surface area contributed by atoms with E-state index in [1.807, 2.05) is 13.8 Å². The number of carbonyl (C=O) groups excluding carboxylic acids is 1. The number of carbonyl (C=O) groups is 1. The molecule has 114 valence electrons. The first-order valence-corrected chi connectivity index (χ1v) is 7.67. The Kier molecular flexibility index (Phi) is 9.88. The zero-order valence-corrected chi connectivity index (χ0v) is 13.4. The lowest BCUT2D eigenvalue weighted by atomic mass is 10.1. The van der Waals surface area contributed by atoms with Gasteiger partial charge in [-0.25, -0.2) is 0 Å². The summed E-state index contributed by atoms with van der Waals surface area (Å²) in [6.45, 7) is 12.7. The van der Waals surface area contributed by atoms with Crippen LogP contribution in [0.1, 0.15) is 60.3 Å². The zero-order chi connectivity index (χ0) is 14.8. The molecule has 0 bridgehead atoms. The molecule has 1 unspecified atom stereocenters. The number of hydrogen-bond acceptors (Lipinski definition) is 3. The summed E-state index contributed by atoms with van der Waals surface area (Å²) in [6.07, 6.45) is 4.53. The number of rotatable bonds is 11. The monoisotopic (exact) mass is 271 g/mol. The van der Waals surface area contributed by atoms with Crippen LogP contribution in [0, 0.1) is 0 Å². The molecule has 0 aromatic rings. The van der Waals surface area contributed by atoms with Crippen LogP contribution in [0.3, 0.4) is 0 Å². The molecular weight excluding hydrogens is 238 g/mol. The standard InChI is InChI=1S/C15H33N3O/c1-6-7-8-10-18(13(4)5)11-9-14(15(16)19)17-12(2)3/h12-14,17H,6-11H2,1-5H3,(H2,16,19). The van der Waals surface area contributed by atoms with Gasteiger partial charge in [0.25, 0.3) is 0 Å². The highest BCUT2D eigenvalue weighted by Crippen LogP contribution is 2.06. The predicted octanol–water partition coefficient (Wildman–Crippen LogP) is 2.13. The number of amides is 1. The minimum Gasteiger partial charge on any atom is -0.368 e. The predicted molar refractivity (Wildman–Crippen MR) is 82.1 cm³/mol. The lowest BCUT2D eigenvalue weighted by Gasteiger charge is -2.28. The summed E-state index contributed by atoms with van der Waals surface area (Å²) in [4.78, 5) is 13.9. The molecule has 0 rings (SSSR count). The van der Waals surface area contributed by atoms with Crippen LogP contribution in [-0.2, 0) is 4.79 Å². The van der Waals surface area contributed by atoms with Crippen LogP contribution in [0.4, 0.5) is 0 Å². The van der Waals surface area contributed by atoms with Gasteiger partial charge in [0.15, 0.2) is 0 Å². The van der Waals surface area contributed by atoms with Crippen molar-refractivity contribution in [3.05, 3.63) is 0 Å². The van der Waals surface area contributed by atoms with Gasteiger partial charge in [-0.15, -0.1) is 0 Å². The van der Waals surface area contributed by atoms with Crippen molar-refractivity contribution in [1.29, 1.82) is 0 Å². The Balaban J connectivity index is 4.22. The van der Waals surface area contributed by atoms with Crippen molar-refractivity contribution in [1.82, 2.24) is 10.2 Å². The third kappa shape index (κ3) is 9.00. The summed E-state index contributed by atoms with van der Waals surface area (Å²) < 4.78 is 0. The molecule has 0 radical (unpaired) electrons. The second-order valence-corrected chi connectivity index (χ2v) is 5.90. The molecule has 0 saturated heterocycles. The normalized spacial score (nSPS) is 13.5. The SMILES string of the molecule is CCCCCN(CCC(NC(C)C)C(N)=O)C(C)C. The van der Waals surface area contributed by atoms with Crippen LogP contribution in [-0.4, -0.2) is 42.0 Å². The molecule has 4 nitrogen and oxygen atoms in total. The van der Waals surface area contributed by atoms with Crippen LogP contribution in [0.25, 0.3) is 0 Å². The summed E-state index contributed by atoms with van der Waals surface area (Å²) >= 11 is 0. The van der Waals surface area contributed by atoms with E-state index in [9.17, 15) is 4.79 Å². The first kappa shape index (κ1) is 18.4. The minimum atomic E-state index is -0.244. The van der Waals surface area contributed by atoms with Crippen molar-refractivity contribution in [2.24, 2.45) is 5.73 Å². The van der Waals surface area contributed by atoms with Crippen molar-refractivity contribution < 1.29 is 4.79 Å². The van der Waals surface area contributed by atoms with Gasteiger partial charge in [-0.05, 0) is 33.2 Å². The van der Waals surface area contributed by atoms with Gasteiger partial charge in [0.05, 0.1) is 6.04 Å². The van der Waals surface area contributed by atoms with Crippen molar-refractivity contribution in [3.63, 3.8) is 0 Å². The van der Waals surface area contributed by atoms with E-state index in [0.717, 1.165) is 19.5 Å². The van der Waals surface area contributed by atoms with Gasteiger partial charge in [0, 0.05) is 18.6 Å². The highest BCUT2D eigenvalue weighted by molar-refractivity contribution is 5.79. The second kappa shape index (κ2) is 10.2. The first-order chi connectivity index (χ1) is 8.88. The average molecular weight is 271 g/mol. The van der Waals surface area contributed by atoms with Crippen LogP contribution >= 0.6 is 0 Å². The number of nitrogens with zero attached hydrogens (tertiary/aromatic N) is 1. The number of primary amides is 1. The Bertz CT molecular complexity index is 242. The molecule has 4 heteroatoms. The highest BCUT2D eigenvalue weighted by atomic mass is 16.1. The highest BCUT2D eigenvalue weighted by Gasteiger charge is 2.18. The van der Waals surface area contributed by atoms with E-state index in [0.29, 0.717) is 6.04 Å². The van der Waals surface area contributed by atoms with Crippen LogP contribution in [0.2, 0.25) is 0 Å². The molecule has 0 aliphatic heterocycles. The van der Waals surface area contributed by atoms with Gasteiger partial charge >= 0.3 is 0 Å². The van der Waals surface area contributed by atoms with Crippen LogP contribution in [0.5, 0.6) is 0 Å². The number of unbranched alkanes of at least 4 members (excludes halogenated alkanes) is 2. The van der Waals surface area contributed by atoms with E-state index in [-0.39, 0.29) is 18.0 Å². The number of hydrogen-bond donors (Lipinski definition) is 2. The topological polar surface area (TPSA) is 58.4 Å². The second-order valence-electron chi connectivity index (χ2n) is 5.90. The van der Waals surface area contributed by atoms with Crippen molar-refractivity contribution >= 4 is 5.91 Å². The van der Waals surface area contributed by atoms with Gasteiger partial charge < -0.3 is 16.0 Å². The molecule has 1 atom stereocenters. The Hall–Kier alpha value is -0.610. The summed E-state index contributed by atoms with van der Waals surface area (Å²) in [7, 11) is 0. The van der Waals surface area contributed by atoms with Crippen molar-refractivity contribution in [2.75, 3.05) is 13.1 Å². The Morgan fingerprint density at radius 3 is 2.21 bits per heavy atom. The fraction of sp³-hybridized carbons (Fsp3) is 0.933.